The van der Waals surface area contributed by atoms with Crippen molar-refractivity contribution in [3.05, 3.63) is 72.1 Å². The highest BCUT2D eigenvalue weighted by Gasteiger charge is 2.42. The van der Waals surface area contributed by atoms with Crippen LogP contribution in [0.5, 0.6) is 0 Å². The number of hydrogen-bond donors (Lipinski definition) is 1. The number of aryl methyl sites for hydroxylation is 1. The molecule has 2 fully saturated rings. The summed E-state index contributed by atoms with van der Waals surface area (Å²) in [5, 5.41) is 4.89. The van der Waals surface area contributed by atoms with Gasteiger partial charge in [-0.15, -0.1) is 0 Å². The fourth-order valence-electron chi connectivity index (χ4n) is 4.80. The van der Waals surface area contributed by atoms with Gasteiger partial charge in [0.25, 0.3) is 10.0 Å². The molecule has 2 aliphatic heterocycles. The Morgan fingerprint density at radius 3 is 2.31 bits per heavy atom. The second kappa shape index (κ2) is 8.89. The summed E-state index contributed by atoms with van der Waals surface area (Å²) in [6, 6.07) is 12.6. The number of nitrogens with zero attached hydrogens (tertiary/aromatic N) is 4. The number of aromatic nitrogens is 2. The number of alkyl halides is 3. The Hall–Kier alpha value is -3.02. The van der Waals surface area contributed by atoms with Crippen LogP contribution in [0.25, 0.3) is 11.1 Å². The predicted octanol–water partition coefficient (Wildman–Crippen LogP) is 4.02. The lowest BCUT2D eigenvalue weighted by Gasteiger charge is -2.40. The van der Waals surface area contributed by atoms with Crippen LogP contribution in [0.4, 0.5) is 19.0 Å². The third kappa shape index (κ3) is 4.51. The summed E-state index contributed by atoms with van der Waals surface area (Å²) in [4.78, 5) is 8.05. The van der Waals surface area contributed by atoms with Gasteiger partial charge in [-0.05, 0) is 54.7 Å². The molecule has 2 unspecified atom stereocenters. The molecule has 1 N–H and O–H groups in total. The number of rotatable bonds is 5. The fourth-order valence-corrected chi connectivity index (χ4v) is 6.21. The van der Waals surface area contributed by atoms with Crippen LogP contribution in [0, 0.1) is 6.92 Å². The Balaban J connectivity index is 1.69. The van der Waals surface area contributed by atoms with E-state index in [4.69, 9.17) is 0 Å². The van der Waals surface area contributed by atoms with Gasteiger partial charge in [-0.1, -0.05) is 30.3 Å². The van der Waals surface area contributed by atoms with Gasteiger partial charge in [-0.3, -0.25) is 0 Å². The van der Waals surface area contributed by atoms with Crippen molar-refractivity contribution in [2.75, 3.05) is 17.5 Å². The summed E-state index contributed by atoms with van der Waals surface area (Å²) < 4.78 is 70.5. The van der Waals surface area contributed by atoms with E-state index in [2.05, 4.69) is 15.3 Å². The van der Waals surface area contributed by atoms with Crippen molar-refractivity contribution in [3.63, 3.8) is 0 Å². The number of nitrogens with one attached hydrogen (secondary N) is 1. The Labute approximate surface area is 201 Å². The molecule has 35 heavy (non-hydrogen) atoms. The van der Waals surface area contributed by atoms with E-state index in [1.54, 1.807) is 48.3 Å². The standard InChI is InChI=1S/C24H24F3N5O2S/c1-16-6-2-3-7-19(16)20-12-22(29-13-21(20)24(25,26)27)32(31-14-17-9-10-18(15-31)30-17)35(33,34)23-8-4-5-11-28-23/h2-8,11-13,17-18,30H,9-10,14-15H2,1H3. The van der Waals surface area contributed by atoms with Crippen LogP contribution in [0.1, 0.15) is 24.0 Å². The highest BCUT2D eigenvalue weighted by Crippen LogP contribution is 2.40. The molecule has 0 saturated carbocycles. The maximum absolute atomic E-state index is 14.0. The molecule has 0 spiro atoms. The number of anilines is 1. The first-order valence-electron chi connectivity index (χ1n) is 11.2. The lowest BCUT2D eigenvalue weighted by Crippen LogP contribution is -2.59. The van der Waals surface area contributed by atoms with Crippen molar-refractivity contribution in [1.29, 1.82) is 0 Å². The van der Waals surface area contributed by atoms with Crippen LogP contribution in [0.15, 0.2) is 66.0 Å². The number of benzene rings is 1. The SMILES string of the molecule is Cc1ccccc1-c1cc(N(N2CC3CCC(C2)N3)S(=O)(=O)c2ccccn2)ncc1C(F)(F)F. The quantitative estimate of drug-likeness (QED) is 0.567. The van der Waals surface area contributed by atoms with Gasteiger partial charge in [-0.25, -0.2) is 15.0 Å². The Morgan fingerprint density at radius 2 is 1.69 bits per heavy atom. The van der Waals surface area contributed by atoms with Crippen LogP contribution in [0.2, 0.25) is 0 Å². The molecule has 2 aromatic heterocycles. The van der Waals surface area contributed by atoms with Gasteiger partial charge in [0.2, 0.25) is 0 Å². The summed E-state index contributed by atoms with van der Waals surface area (Å²) in [6.45, 7) is 2.47. The normalized spacial score (nSPS) is 20.7. The molecule has 2 aliphatic rings. The molecule has 0 aliphatic carbocycles. The van der Waals surface area contributed by atoms with Gasteiger partial charge in [0.15, 0.2) is 10.8 Å². The third-order valence-electron chi connectivity index (χ3n) is 6.41. The topological polar surface area (TPSA) is 78.4 Å². The van der Waals surface area contributed by atoms with Crippen molar-refractivity contribution >= 4 is 15.8 Å². The minimum absolute atomic E-state index is 0.0838. The second-order valence-corrected chi connectivity index (χ2v) is 10.5. The zero-order valence-electron chi connectivity index (χ0n) is 18.9. The number of fused-ring (bicyclic) bond motifs is 2. The Kier molecular flexibility index (Phi) is 6.02. The van der Waals surface area contributed by atoms with Crippen LogP contribution in [0.3, 0.4) is 0 Å². The van der Waals surface area contributed by atoms with Crippen LogP contribution < -0.4 is 9.73 Å². The van der Waals surface area contributed by atoms with E-state index in [9.17, 15) is 21.6 Å². The average molecular weight is 504 g/mol. The number of sulfonamides is 1. The van der Waals surface area contributed by atoms with Crippen LogP contribution >= 0.6 is 0 Å². The average Bonchev–Trinajstić information content (AvgIpc) is 3.17. The van der Waals surface area contributed by atoms with Crippen molar-refractivity contribution in [3.8, 4) is 11.1 Å². The lowest BCUT2D eigenvalue weighted by molar-refractivity contribution is -0.137. The van der Waals surface area contributed by atoms with Crippen LogP contribution in [-0.4, -0.2) is 48.6 Å². The highest BCUT2D eigenvalue weighted by atomic mass is 32.2. The molecule has 4 heterocycles. The molecule has 184 valence electrons. The maximum atomic E-state index is 14.0. The highest BCUT2D eigenvalue weighted by molar-refractivity contribution is 7.92. The van der Waals surface area contributed by atoms with Crippen molar-refractivity contribution in [1.82, 2.24) is 20.3 Å². The molecule has 3 aromatic rings. The number of hydrazine groups is 1. The number of hydrogen-bond acceptors (Lipinski definition) is 6. The minimum atomic E-state index is -4.66. The molecule has 1 aromatic carbocycles. The van der Waals surface area contributed by atoms with Gasteiger partial charge in [0.1, 0.15) is 0 Å². The maximum Gasteiger partial charge on any atom is 0.418 e. The van der Waals surface area contributed by atoms with Crippen LogP contribution in [-0.2, 0) is 16.2 Å². The van der Waals surface area contributed by atoms with Crippen molar-refractivity contribution < 1.29 is 21.6 Å². The first-order chi connectivity index (χ1) is 16.6. The first kappa shape index (κ1) is 23.7. The molecule has 0 radical (unpaired) electrons. The largest absolute Gasteiger partial charge is 0.418 e. The zero-order valence-corrected chi connectivity index (χ0v) is 19.7. The van der Waals surface area contributed by atoms with E-state index < -0.39 is 21.8 Å². The molecule has 7 nitrogen and oxygen atoms in total. The van der Waals surface area contributed by atoms with Gasteiger partial charge < -0.3 is 5.32 Å². The van der Waals surface area contributed by atoms with Gasteiger partial charge in [0.05, 0.1) is 5.56 Å². The van der Waals surface area contributed by atoms with E-state index in [0.717, 1.165) is 23.5 Å². The zero-order chi connectivity index (χ0) is 24.8. The number of piperazine rings is 1. The minimum Gasteiger partial charge on any atom is -0.309 e. The van der Waals surface area contributed by atoms with Gasteiger partial charge in [-0.2, -0.15) is 26.0 Å². The van der Waals surface area contributed by atoms with Gasteiger partial charge in [0, 0.05) is 37.6 Å². The van der Waals surface area contributed by atoms with Crippen molar-refractivity contribution in [2.45, 2.75) is 43.1 Å². The smallest absolute Gasteiger partial charge is 0.309 e. The Bertz CT molecular complexity index is 1320. The van der Waals surface area contributed by atoms with E-state index in [1.807, 2.05) is 0 Å². The summed E-state index contributed by atoms with van der Waals surface area (Å²) in [5.74, 6) is -0.108. The summed E-state index contributed by atoms with van der Waals surface area (Å²) in [7, 11) is -4.25. The molecule has 5 rings (SSSR count). The van der Waals surface area contributed by atoms with Crippen molar-refractivity contribution in [2.24, 2.45) is 0 Å². The van der Waals surface area contributed by atoms with Gasteiger partial charge >= 0.3 is 6.18 Å². The molecular weight excluding hydrogens is 479 g/mol. The molecule has 2 bridgehead atoms. The van der Waals surface area contributed by atoms with E-state index in [1.165, 1.54) is 18.3 Å². The molecular formula is C24H24F3N5O2S. The fraction of sp³-hybridized carbons (Fsp3) is 0.333. The summed E-state index contributed by atoms with van der Waals surface area (Å²) in [5.41, 5.74) is -0.0559. The Morgan fingerprint density at radius 1 is 1.00 bits per heavy atom. The third-order valence-corrected chi connectivity index (χ3v) is 8.05. The first-order valence-corrected chi connectivity index (χ1v) is 12.7. The lowest BCUT2D eigenvalue weighted by atomic mass is 9.97. The predicted molar refractivity (Wildman–Crippen MR) is 125 cm³/mol. The number of pyridine rings is 2. The number of halogens is 3. The van der Waals surface area contributed by atoms with E-state index >= 15 is 0 Å². The summed E-state index contributed by atoms with van der Waals surface area (Å²) >= 11 is 0. The monoisotopic (exact) mass is 503 g/mol. The summed E-state index contributed by atoms with van der Waals surface area (Å²) in [6.07, 6.45) is -0.788. The van der Waals surface area contributed by atoms with E-state index in [0.29, 0.717) is 24.2 Å². The molecule has 2 atom stereocenters. The second-order valence-electron chi connectivity index (χ2n) is 8.83. The van der Waals surface area contributed by atoms with E-state index in [-0.39, 0.29) is 28.5 Å². The molecule has 11 heteroatoms. The molecule has 0 amide bonds. The molecule has 2 saturated heterocycles.